The highest BCUT2D eigenvalue weighted by Crippen LogP contribution is 2.11. The fraction of sp³-hybridized carbons (Fsp3) is 0.412. The number of amides is 6. The lowest BCUT2D eigenvalue weighted by molar-refractivity contribution is -0.137. The molecule has 17 nitrogen and oxygen atoms in total. The molecule has 1 heterocycles. The number of carboxylic acid groups (broad SMARTS) is 1. The average molecular weight is 707 g/mol. The Hall–Kier alpha value is -6.00. The summed E-state index contributed by atoms with van der Waals surface area (Å²) in [6.07, 6.45) is 0.520. The highest BCUT2D eigenvalue weighted by Gasteiger charge is 2.32. The molecule has 0 saturated carbocycles. The number of carbonyl (C=O) groups is 6. The number of imide groups is 1. The van der Waals surface area contributed by atoms with Crippen molar-refractivity contribution >= 4 is 47.4 Å². The summed E-state index contributed by atoms with van der Waals surface area (Å²) in [5, 5.41) is 22.1. The number of aliphatic imine (C=N–C) groups is 2. The van der Waals surface area contributed by atoms with Crippen LogP contribution in [0.2, 0.25) is 0 Å². The van der Waals surface area contributed by atoms with Gasteiger partial charge in [-0.25, -0.2) is 4.79 Å². The number of rotatable bonds is 14. The number of carboxylic acids is 1. The van der Waals surface area contributed by atoms with Crippen LogP contribution in [0.4, 0.5) is 4.79 Å². The smallest absolute Gasteiger partial charge is 0.322 e. The first-order chi connectivity index (χ1) is 24.3. The normalized spacial score (nSPS) is 20.0. The zero-order valence-corrected chi connectivity index (χ0v) is 28.4. The molecule has 0 spiro atoms. The van der Waals surface area contributed by atoms with E-state index >= 15 is 0 Å². The number of hydrogen-bond acceptors (Lipinski definition) is 9. The molecule has 0 aromatic heterocycles. The Morgan fingerprint density at radius 3 is 2.16 bits per heavy atom. The van der Waals surface area contributed by atoms with E-state index in [1.807, 2.05) is 19.1 Å². The molecule has 0 aliphatic carbocycles. The predicted molar refractivity (Wildman–Crippen MR) is 189 cm³/mol. The first kappa shape index (κ1) is 39.4. The molecule has 3 rings (SSSR count). The van der Waals surface area contributed by atoms with Crippen molar-refractivity contribution in [1.29, 1.82) is 0 Å². The largest absolute Gasteiger partial charge is 0.481 e. The Morgan fingerprint density at radius 2 is 1.49 bits per heavy atom. The van der Waals surface area contributed by atoms with Crippen molar-refractivity contribution < 1.29 is 33.9 Å². The zero-order valence-electron chi connectivity index (χ0n) is 28.4. The molecule has 6 amide bonds. The van der Waals surface area contributed by atoms with Crippen LogP contribution in [0.25, 0.3) is 0 Å². The number of carbonyl (C=O) groups excluding carboxylic acids is 5. The van der Waals surface area contributed by atoms with Crippen LogP contribution in [0.1, 0.15) is 60.0 Å². The topological polar surface area (TPSA) is 286 Å². The number of nitrogens with zero attached hydrogens (tertiary/aromatic N) is 2. The fourth-order valence-electron chi connectivity index (χ4n) is 5.17. The molecule has 0 unspecified atom stereocenters. The Balaban J connectivity index is 1.88. The van der Waals surface area contributed by atoms with E-state index in [0.717, 1.165) is 5.56 Å². The molecule has 0 saturated heterocycles. The van der Waals surface area contributed by atoms with E-state index in [2.05, 4.69) is 36.6 Å². The Morgan fingerprint density at radius 1 is 0.843 bits per heavy atom. The van der Waals surface area contributed by atoms with Crippen molar-refractivity contribution in [3.63, 3.8) is 0 Å². The second-order valence-electron chi connectivity index (χ2n) is 12.1. The monoisotopic (exact) mass is 706 g/mol. The van der Waals surface area contributed by atoms with Crippen LogP contribution in [-0.4, -0.2) is 89.8 Å². The van der Waals surface area contributed by atoms with Crippen molar-refractivity contribution in [3.8, 4) is 0 Å². The maximum atomic E-state index is 13.8. The van der Waals surface area contributed by atoms with Gasteiger partial charge in [0.05, 0.1) is 12.5 Å². The van der Waals surface area contributed by atoms with E-state index in [4.69, 9.17) is 17.2 Å². The van der Waals surface area contributed by atoms with Crippen LogP contribution in [-0.2, 0) is 25.6 Å². The van der Waals surface area contributed by atoms with Gasteiger partial charge in [-0.15, -0.1) is 0 Å². The lowest BCUT2D eigenvalue weighted by atomic mass is 10.0. The molecule has 1 aliphatic heterocycles. The van der Waals surface area contributed by atoms with Crippen LogP contribution in [0.5, 0.6) is 0 Å². The molecule has 4 atom stereocenters. The lowest BCUT2D eigenvalue weighted by Gasteiger charge is -2.26. The SMILES string of the molecule is Cc1ccc(C(=O)NCCCC[C@@H]2NC(=O)[C@@H](Cc3ccccc3)N=C(N)[C@@H](CC(=O)O)NC(=O)NC(=O)[C@H](CCCN=C(N)N)NC2=O)cc1. The van der Waals surface area contributed by atoms with Crippen LogP contribution in [0.15, 0.2) is 64.6 Å². The summed E-state index contributed by atoms with van der Waals surface area (Å²) in [7, 11) is 0. The van der Waals surface area contributed by atoms with E-state index in [9.17, 15) is 33.9 Å². The van der Waals surface area contributed by atoms with Gasteiger partial charge >= 0.3 is 12.0 Å². The second-order valence-corrected chi connectivity index (χ2v) is 12.1. The van der Waals surface area contributed by atoms with Gasteiger partial charge in [0.15, 0.2) is 5.96 Å². The zero-order chi connectivity index (χ0) is 37.3. The molecular weight excluding hydrogens is 660 g/mol. The lowest BCUT2D eigenvalue weighted by Crippen LogP contribution is -2.58. The van der Waals surface area contributed by atoms with Crippen LogP contribution >= 0.6 is 0 Å². The number of aliphatic carboxylic acids is 1. The van der Waals surface area contributed by atoms with Gasteiger partial charge in [-0.05, 0) is 56.7 Å². The summed E-state index contributed by atoms with van der Waals surface area (Å²) in [5.74, 6) is -4.41. The number of unbranched alkanes of at least 4 members (excludes halogenated alkanes) is 1. The molecule has 274 valence electrons. The third kappa shape index (κ3) is 13.8. The average Bonchev–Trinajstić information content (AvgIpc) is 3.08. The third-order valence-corrected chi connectivity index (χ3v) is 7.89. The van der Waals surface area contributed by atoms with Crippen molar-refractivity contribution in [2.75, 3.05) is 13.1 Å². The standard InChI is InChI=1S/C34H46N10O7/c1-20-12-14-22(15-13-20)29(47)38-16-6-5-10-23-30(48)41-24(11-7-17-39-33(36)37)31(49)44-34(51)43-25(19-27(45)46)28(35)40-26(32(50)42-23)18-21-8-3-2-4-9-21/h2-4,8-9,12-15,23-26H,5-7,10-11,16-19H2,1H3,(H2,35,40)(H,38,47)(H,41,48)(H,42,50)(H,45,46)(H4,36,37,39)(H2,43,44,49,51)/t23-,24-,25+,26+/m0/s1. The molecule has 2 aromatic carbocycles. The van der Waals surface area contributed by atoms with Gasteiger partial charge in [0.25, 0.3) is 11.8 Å². The van der Waals surface area contributed by atoms with Gasteiger partial charge in [0, 0.05) is 25.1 Å². The Bertz CT molecular complexity index is 1590. The van der Waals surface area contributed by atoms with E-state index in [1.54, 1.807) is 42.5 Å². The van der Waals surface area contributed by atoms with E-state index in [0.29, 0.717) is 30.5 Å². The summed E-state index contributed by atoms with van der Waals surface area (Å²) < 4.78 is 0. The summed E-state index contributed by atoms with van der Waals surface area (Å²) in [6.45, 7) is 2.33. The molecule has 1 aliphatic rings. The minimum absolute atomic E-state index is 0.00608. The van der Waals surface area contributed by atoms with Crippen LogP contribution < -0.4 is 43.8 Å². The summed E-state index contributed by atoms with van der Waals surface area (Å²) in [6, 6.07) is 9.82. The highest BCUT2D eigenvalue weighted by atomic mass is 16.4. The van der Waals surface area contributed by atoms with Gasteiger partial charge < -0.3 is 43.6 Å². The van der Waals surface area contributed by atoms with Gasteiger partial charge in [0.1, 0.15) is 24.0 Å². The number of hydrogen-bond donors (Lipinski definition) is 9. The molecular formula is C34H46N10O7. The number of nitrogens with two attached hydrogens (primary N) is 3. The van der Waals surface area contributed by atoms with Gasteiger partial charge in [-0.1, -0.05) is 48.0 Å². The number of amidine groups is 1. The number of benzene rings is 2. The maximum absolute atomic E-state index is 13.8. The molecule has 2 aromatic rings. The number of nitrogens with one attached hydrogen (secondary N) is 5. The fourth-order valence-corrected chi connectivity index (χ4v) is 5.17. The van der Waals surface area contributed by atoms with E-state index in [1.165, 1.54) is 0 Å². The first-order valence-corrected chi connectivity index (χ1v) is 16.5. The summed E-state index contributed by atoms with van der Waals surface area (Å²) in [4.78, 5) is 86.1. The minimum atomic E-state index is -1.38. The molecule has 0 radical (unpaired) electrons. The quantitative estimate of drug-likeness (QED) is 0.0694. The van der Waals surface area contributed by atoms with Crippen LogP contribution in [0.3, 0.4) is 0 Å². The van der Waals surface area contributed by atoms with Crippen molar-refractivity contribution in [2.24, 2.45) is 27.2 Å². The predicted octanol–water partition coefficient (Wildman–Crippen LogP) is -0.430. The Labute approximate surface area is 295 Å². The number of urea groups is 1. The number of guanidine groups is 1. The third-order valence-electron chi connectivity index (χ3n) is 7.89. The minimum Gasteiger partial charge on any atom is -0.481 e. The first-order valence-electron chi connectivity index (χ1n) is 16.5. The molecule has 0 bridgehead atoms. The molecule has 0 fully saturated rings. The second kappa shape index (κ2) is 19.9. The molecule has 12 N–H and O–H groups in total. The number of aryl methyl sites for hydroxylation is 1. The molecule has 51 heavy (non-hydrogen) atoms. The van der Waals surface area contributed by atoms with Gasteiger partial charge in [-0.2, -0.15) is 0 Å². The molecule has 17 heteroatoms. The van der Waals surface area contributed by atoms with Crippen molar-refractivity contribution in [1.82, 2.24) is 26.6 Å². The van der Waals surface area contributed by atoms with Crippen molar-refractivity contribution in [3.05, 3.63) is 71.3 Å². The van der Waals surface area contributed by atoms with Gasteiger partial charge in [-0.3, -0.25) is 39.3 Å². The Kier molecular flexibility index (Phi) is 15.4. The van der Waals surface area contributed by atoms with E-state index in [-0.39, 0.29) is 49.9 Å². The van der Waals surface area contributed by atoms with E-state index < -0.39 is 60.3 Å². The maximum Gasteiger partial charge on any atom is 0.322 e. The van der Waals surface area contributed by atoms with Crippen LogP contribution in [0, 0.1) is 6.92 Å². The summed E-state index contributed by atoms with van der Waals surface area (Å²) >= 11 is 0. The highest BCUT2D eigenvalue weighted by molar-refractivity contribution is 6.02. The van der Waals surface area contributed by atoms with Gasteiger partial charge in [0.2, 0.25) is 11.8 Å². The van der Waals surface area contributed by atoms with Crippen molar-refractivity contribution in [2.45, 2.75) is 76.0 Å². The summed E-state index contributed by atoms with van der Waals surface area (Å²) in [5.41, 5.74) is 19.2.